The summed E-state index contributed by atoms with van der Waals surface area (Å²) in [6, 6.07) is 4.18. The Morgan fingerprint density at radius 3 is 2.59 bits per heavy atom. The van der Waals surface area contributed by atoms with E-state index in [4.69, 9.17) is 5.11 Å². The predicted molar refractivity (Wildman–Crippen MR) is 62.5 cm³/mol. The molecule has 2 nitrogen and oxygen atoms in total. The molecule has 0 radical (unpaired) electrons. The van der Waals surface area contributed by atoms with Gasteiger partial charge in [0.15, 0.2) is 0 Å². The van der Waals surface area contributed by atoms with E-state index in [2.05, 4.69) is 21.2 Å². The third-order valence-corrected chi connectivity index (χ3v) is 2.98. The van der Waals surface area contributed by atoms with Crippen molar-refractivity contribution >= 4 is 15.9 Å². The van der Waals surface area contributed by atoms with Crippen LogP contribution in [-0.4, -0.2) is 24.2 Å². The fraction of sp³-hybridized carbons (Fsp3) is 0.455. The van der Waals surface area contributed by atoms with E-state index < -0.39 is 12.5 Å². The number of aliphatic hydroxyl groups is 1. The van der Waals surface area contributed by atoms with Gasteiger partial charge in [0.1, 0.15) is 11.9 Å². The average Bonchev–Trinajstić information content (AvgIpc) is 2.28. The quantitative estimate of drug-likeness (QED) is 0.876. The Morgan fingerprint density at radius 1 is 1.41 bits per heavy atom. The van der Waals surface area contributed by atoms with Gasteiger partial charge in [-0.2, -0.15) is 0 Å². The second-order valence-electron chi connectivity index (χ2n) is 3.71. The molecule has 1 aromatic rings. The Morgan fingerprint density at radius 2 is 2.06 bits per heavy atom. The van der Waals surface area contributed by atoms with Gasteiger partial charge in [-0.1, -0.05) is 6.07 Å². The highest BCUT2D eigenvalue weighted by molar-refractivity contribution is 9.10. The second kappa shape index (κ2) is 6.37. The Kier molecular flexibility index (Phi) is 5.42. The van der Waals surface area contributed by atoms with Gasteiger partial charge < -0.3 is 10.4 Å². The van der Waals surface area contributed by atoms with Crippen molar-refractivity contribution in [2.45, 2.75) is 25.5 Å². The lowest BCUT2D eigenvalue weighted by Crippen LogP contribution is -2.33. The van der Waals surface area contributed by atoms with Crippen molar-refractivity contribution in [3.63, 3.8) is 0 Å². The van der Waals surface area contributed by atoms with Crippen molar-refractivity contribution < 1.29 is 18.3 Å². The Bertz CT molecular complexity index is 376. The van der Waals surface area contributed by atoms with Gasteiger partial charge in [0.25, 0.3) is 6.43 Å². The molecule has 0 aliphatic carbocycles. The van der Waals surface area contributed by atoms with Gasteiger partial charge >= 0.3 is 0 Å². The zero-order valence-electron chi connectivity index (χ0n) is 9.13. The van der Waals surface area contributed by atoms with Gasteiger partial charge in [0, 0.05) is 12.6 Å². The van der Waals surface area contributed by atoms with Gasteiger partial charge in [0.05, 0.1) is 4.47 Å². The molecule has 0 saturated heterocycles. The molecule has 2 atom stereocenters. The van der Waals surface area contributed by atoms with Crippen molar-refractivity contribution in [2.24, 2.45) is 0 Å². The summed E-state index contributed by atoms with van der Waals surface area (Å²) in [6.45, 7) is 1.53. The molecule has 0 aromatic heterocycles. The van der Waals surface area contributed by atoms with E-state index in [0.29, 0.717) is 4.47 Å². The Balaban J connectivity index is 2.58. The van der Waals surface area contributed by atoms with Crippen molar-refractivity contribution in [1.82, 2.24) is 5.32 Å². The minimum Gasteiger partial charge on any atom is -0.386 e. The van der Waals surface area contributed by atoms with Gasteiger partial charge in [-0.15, -0.1) is 0 Å². The number of alkyl halides is 2. The van der Waals surface area contributed by atoms with E-state index in [1.165, 1.54) is 6.07 Å². The van der Waals surface area contributed by atoms with Gasteiger partial charge in [-0.05, 0) is 40.5 Å². The van der Waals surface area contributed by atoms with E-state index in [9.17, 15) is 13.2 Å². The van der Waals surface area contributed by atoms with Crippen LogP contribution in [0.25, 0.3) is 0 Å². The molecule has 0 aliphatic rings. The second-order valence-corrected chi connectivity index (χ2v) is 4.56. The van der Waals surface area contributed by atoms with Crippen LogP contribution in [0.4, 0.5) is 13.2 Å². The third kappa shape index (κ3) is 4.29. The molecule has 0 bridgehead atoms. The van der Waals surface area contributed by atoms with Crippen LogP contribution in [-0.2, 0) is 0 Å². The molecular weight excluding hydrogens is 299 g/mol. The summed E-state index contributed by atoms with van der Waals surface area (Å²) in [5.74, 6) is -0.381. The molecule has 0 saturated carbocycles. The smallest absolute Gasteiger partial charge is 0.265 e. The number of rotatable bonds is 5. The van der Waals surface area contributed by atoms with Crippen molar-refractivity contribution in [3.8, 4) is 0 Å². The molecule has 0 fully saturated rings. The fourth-order valence-electron chi connectivity index (χ4n) is 1.29. The minimum absolute atomic E-state index is 0.214. The number of benzene rings is 1. The van der Waals surface area contributed by atoms with Crippen LogP contribution >= 0.6 is 15.9 Å². The van der Waals surface area contributed by atoms with Crippen LogP contribution in [0.15, 0.2) is 22.7 Å². The third-order valence-electron chi connectivity index (χ3n) is 2.37. The number of hydrogen-bond donors (Lipinski definition) is 2. The van der Waals surface area contributed by atoms with Crippen LogP contribution < -0.4 is 5.32 Å². The summed E-state index contributed by atoms with van der Waals surface area (Å²) < 4.78 is 37.4. The molecule has 0 aliphatic heterocycles. The van der Waals surface area contributed by atoms with Crippen LogP contribution in [0.5, 0.6) is 0 Å². The first-order valence-corrected chi connectivity index (χ1v) is 5.85. The minimum atomic E-state index is -2.77. The van der Waals surface area contributed by atoms with E-state index >= 15 is 0 Å². The molecule has 1 rings (SSSR count). The highest BCUT2D eigenvalue weighted by atomic mass is 79.9. The van der Waals surface area contributed by atoms with Crippen molar-refractivity contribution in [2.75, 3.05) is 6.54 Å². The van der Waals surface area contributed by atoms with Crippen LogP contribution in [0.3, 0.4) is 0 Å². The maximum atomic E-state index is 13.0. The lowest BCUT2D eigenvalue weighted by molar-refractivity contribution is -0.00439. The first kappa shape index (κ1) is 14.5. The normalized spacial score (nSPS) is 15.0. The maximum absolute atomic E-state index is 13.0. The number of halogens is 4. The number of nitrogens with one attached hydrogen (secondary N) is 1. The molecule has 17 heavy (non-hydrogen) atoms. The zero-order valence-corrected chi connectivity index (χ0v) is 10.7. The fourth-order valence-corrected chi connectivity index (χ4v) is 1.68. The number of aliphatic hydroxyl groups excluding tert-OH is 1. The van der Waals surface area contributed by atoms with E-state index in [0.717, 1.165) is 5.56 Å². The maximum Gasteiger partial charge on any atom is 0.265 e. The Labute approximate surface area is 106 Å². The molecule has 6 heteroatoms. The molecule has 2 unspecified atom stereocenters. The van der Waals surface area contributed by atoms with E-state index in [1.807, 2.05) is 0 Å². The van der Waals surface area contributed by atoms with E-state index in [1.54, 1.807) is 19.1 Å². The molecule has 2 N–H and O–H groups in total. The van der Waals surface area contributed by atoms with Gasteiger partial charge in [-0.25, -0.2) is 13.2 Å². The van der Waals surface area contributed by atoms with Crippen molar-refractivity contribution in [1.29, 1.82) is 0 Å². The standard InChI is InChI=1S/C11H13BrF3NO/c1-6(16-5-10(17)11(14)15)7-2-3-9(13)8(12)4-7/h2-4,6,10-11,16-17H,5H2,1H3. The Hall–Kier alpha value is -0.590. The highest BCUT2D eigenvalue weighted by Gasteiger charge is 2.17. The first-order chi connectivity index (χ1) is 7.91. The predicted octanol–water partition coefficient (Wildman–Crippen LogP) is 2.86. The number of hydrogen-bond acceptors (Lipinski definition) is 2. The summed E-state index contributed by atoms with van der Waals surface area (Å²) in [5.41, 5.74) is 0.750. The topological polar surface area (TPSA) is 32.3 Å². The summed E-state index contributed by atoms with van der Waals surface area (Å²) in [4.78, 5) is 0. The zero-order chi connectivity index (χ0) is 13.0. The molecular formula is C11H13BrF3NO. The highest BCUT2D eigenvalue weighted by Crippen LogP contribution is 2.21. The molecule has 0 heterocycles. The van der Waals surface area contributed by atoms with Crippen LogP contribution in [0.2, 0.25) is 0 Å². The van der Waals surface area contributed by atoms with Crippen LogP contribution in [0.1, 0.15) is 18.5 Å². The molecule has 1 aromatic carbocycles. The summed E-state index contributed by atoms with van der Waals surface area (Å²) in [5, 5.41) is 11.7. The van der Waals surface area contributed by atoms with Crippen molar-refractivity contribution in [3.05, 3.63) is 34.1 Å². The lowest BCUT2D eigenvalue weighted by Gasteiger charge is -2.17. The molecule has 0 spiro atoms. The monoisotopic (exact) mass is 311 g/mol. The average molecular weight is 312 g/mol. The summed E-state index contributed by atoms with van der Waals surface area (Å²) in [6.07, 6.45) is -4.46. The van der Waals surface area contributed by atoms with Gasteiger partial charge in [-0.3, -0.25) is 0 Å². The molecule has 0 amide bonds. The largest absolute Gasteiger partial charge is 0.386 e. The summed E-state index contributed by atoms with van der Waals surface area (Å²) in [7, 11) is 0. The van der Waals surface area contributed by atoms with Crippen LogP contribution in [0, 0.1) is 5.82 Å². The molecule has 96 valence electrons. The summed E-state index contributed by atoms with van der Waals surface area (Å²) >= 11 is 3.05. The van der Waals surface area contributed by atoms with Gasteiger partial charge in [0.2, 0.25) is 0 Å². The first-order valence-electron chi connectivity index (χ1n) is 5.06. The lowest BCUT2D eigenvalue weighted by atomic mass is 10.1. The van der Waals surface area contributed by atoms with E-state index in [-0.39, 0.29) is 18.4 Å². The SMILES string of the molecule is CC(NCC(O)C(F)F)c1ccc(F)c(Br)c1.